The van der Waals surface area contributed by atoms with Crippen molar-refractivity contribution in [2.24, 2.45) is 5.92 Å². The van der Waals surface area contributed by atoms with E-state index in [-0.39, 0.29) is 23.8 Å². The van der Waals surface area contributed by atoms with Crippen molar-refractivity contribution in [3.63, 3.8) is 0 Å². The number of nitrogens with zero attached hydrogens (tertiary/aromatic N) is 1. The van der Waals surface area contributed by atoms with E-state index in [1.165, 1.54) is 28.5 Å². The average Bonchev–Trinajstić information content (AvgIpc) is 3.51. The number of hydrogen-bond donors (Lipinski definition) is 1. The predicted molar refractivity (Wildman–Crippen MR) is 120 cm³/mol. The molecule has 160 valence electrons. The first-order valence-corrected chi connectivity index (χ1v) is 12.6. The molecule has 0 bridgehead atoms. The summed E-state index contributed by atoms with van der Waals surface area (Å²) in [5, 5.41) is 0. The molecule has 4 rings (SSSR count). The average molecular weight is 427 g/mol. The van der Waals surface area contributed by atoms with Crippen LogP contribution in [0.15, 0.2) is 48.5 Å². The van der Waals surface area contributed by atoms with Crippen molar-refractivity contribution in [3.8, 4) is 11.1 Å². The van der Waals surface area contributed by atoms with Crippen LogP contribution in [0, 0.1) is 12.8 Å². The molecule has 1 amide bonds. The minimum atomic E-state index is -3.21. The van der Waals surface area contributed by atoms with Gasteiger partial charge in [-0.25, -0.2) is 13.1 Å². The fourth-order valence-electron chi connectivity index (χ4n) is 4.60. The molecule has 5 nitrogen and oxygen atoms in total. The Kier molecular flexibility index (Phi) is 5.98. The van der Waals surface area contributed by atoms with Crippen molar-refractivity contribution in [1.29, 1.82) is 0 Å². The molecule has 1 heterocycles. The molecule has 1 aliphatic carbocycles. The van der Waals surface area contributed by atoms with Gasteiger partial charge < -0.3 is 4.90 Å². The zero-order valence-electron chi connectivity index (χ0n) is 17.7. The molecule has 6 heteroatoms. The molecule has 1 N–H and O–H groups in total. The summed E-state index contributed by atoms with van der Waals surface area (Å²) in [4.78, 5) is 15.1. The number of amides is 1. The van der Waals surface area contributed by atoms with Crippen LogP contribution in [0.3, 0.4) is 0 Å². The van der Waals surface area contributed by atoms with E-state index in [0.717, 1.165) is 19.3 Å². The van der Waals surface area contributed by atoms with Gasteiger partial charge in [-0.15, -0.1) is 0 Å². The minimum absolute atomic E-state index is 0.0380. The summed E-state index contributed by atoms with van der Waals surface area (Å²) < 4.78 is 25.7. The van der Waals surface area contributed by atoms with Crippen LogP contribution in [-0.2, 0) is 14.8 Å². The maximum Gasteiger partial charge on any atom is 0.226 e. The van der Waals surface area contributed by atoms with Crippen LogP contribution in [-0.4, -0.2) is 44.6 Å². The summed E-state index contributed by atoms with van der Waals surface area (Å²) in [7, 11) is -3.21. The summed E-state index contributed by atoms with van der Waals surface area (Å²) in [6.45, 7) is 3.42. The number of nitrogens with one attached hydrogen (secondary N) is 1. The molecule has 0 spiro atoms. The third-order valence-electron chi connectivity index (χ3n) is 6.25. The number of carbonyl (C=O) groups is 1. The molecule has 0 aromatic heterocycles. The van der Waals surface area contributed by atoms with Crippen molar-refractivity contribution < 1.29 is 13.2 Å². The van der Waals surface area contributed by atoms with E-state index in [0.29, 0.717) is 19.5 Å². The molecule has 3 atom stereocenters. The van der Waals surface area contributed by atoms with Crippen molar-refractivity contribution in [1.82, 2.24) is 9.62 Å². The standard InChI is InChI=1S/C24H30N2O3S/c1-17-9-11-18(12-10-17)20-7-3-4-8-21(20)22-16-23(22)24(27)26-14-5-6-19(13-15-26)25-30(2,28)29/h3-4,7-12,19,22-23,25H,5-6,13-16H2,1-2H3. The monoisotopic (exact) mass is 426 g/mol. The molecule has 0 radical (unpaired) electrons. The van der Waals surface area contributed by atoms with Gasteiger partial charge in [0, 0.05) is 25.0 Å². The second-order valence-electron chi connectivity index (χ2n) is 8.75. The first-order valence-electron chi connectivity index (χ1n) is 10.7. The van der Waals surface area contributed by atoms with Gasteiger partial charge in [0.1, 0.15) is 0 Å². The van der Waals surface area contributed by atoms with Crippen LogP contribution in [0.5, 0.6) is 0 Å². The quantitative estimate of drug-likeness (QED) is 0.793. The van der Waals surface area contributed by atoms with E-state index in [9.17, 15) is 13.2 Å². The molecule has 2 aliphatic rings. The number of aryl methyl sites for hydroxylation is 1. The van der Waals surface area contributed by atoms with E-state index in [4.69, 9.17) is 0 Å². The SMILES string of the molecule is Cc1ccc(-c2ccccc2C2CC2C(=O)N2CCCC(NS(C)(=O)=O)CC2)cc1. The zero-order chi connectivity index (χ0) is 21.3. The highest BCUT2D eigenvalue weighted by molar-refractivity contribution is 7.88. The van der Waals surface area contributed by atoms with Gasteiger partial charge in [0.2, 0.25) is 15.9 Å². The number of rotatable bonds is 5. The topological polar surface area (TPSA) is 66.5 Å². The molecule has 2 aromatic carbocycles. The zero-order valence-corrected chi connectivity index (χ0v) is 18.5. The lowest BCUT2D eigenvalue weighted by molar-refractivity contribution is -0.132. The Labute approximate surface area is 179 Å². The van der Waals surface area contributed by atoms with Crippen LogP contribution in [0.2, 0.25) is 0 Å². The van der Waals surface area contributed by atoms with Gasteiger partial charge in [0.25, 0.3) is 0 Å². The molecular formula is C24H30N2O3S. The largest absolute Gasteiger partial charge is 0.342 e. The Bertz CT molecular complexity index is 1020. The van der Waals surface area contributed by atoms with Crippen LogP contribution < -0.4 is 4.72 Å². The molecule has 3 unspecified atom stereocenters. The van der Waals surface area contributed by atoms with Gasteiger partial charge in [0.15, 0.2) is 0 Å². The third kappa shape index (κ3) is 4.93. The molecule has 1 saturated heterocycles. The van der Waals surface area contributed by atoms with Gasteiger partial charge in [-0.1, -0.05) is 54.1 Å². The van der Waals surface area contributed by atoms with Gasteiger partial charge in [-0.05, 0) is 55.2 Å². The number of likely N-dealkylation sites (tertiary alicyclic amines) is 1. The lowest BCUT2D eigenvalue weighted by Gasteiger charge is -2.21. The number of carbonyl (C=O) groups excluding carboxylic acids is 1. The maximum atomic E-state index is 13.2. The van der Waals surface area contributed by atoms with E-state index in [1.807, 2.05) is 4.90 Å². The summed E-state index contributed by atoms with van der Waals surface area (Å²) in [6, 6.07) is 16.9. The van der Waals surface area contributed by atoms with Gasteiger partial charge in [0.05, 0.1) is 6.26 Å². The molecule has 2 aromatic rings. The van der Waals surface area contributed by atoms with Crippen molar-refractivity contribution >= 4 is 15.9 Å². The van der Waals surface area contributed by atoms with Crippen LogP contribution >= 0.6 is 0 Å². The maximum absolute atomic E-state index is 13.2. The Hall–Kier alpha value is -2.18. The highest BCUT2D eigenvalue weighted by atomic mass is 32.2. The fourth-order valence-corrected chi connectivity index (χ4v) is 5.44. The van der Waals surface area contributed by atoms with E-state index in [1.54, 1.807) is 0 Å². The number of hydrogen-bond acceptors (Lipinski definition) is 3. The third-order valence-corrected chi connectivity index (χ3v) is 7.01. The van der Waals surface area contributed by atoms with E-state index in [2.05, 4.69) is 60.2 Å². The second kappa shape index (κ2) is 8.52. The summed E-state index contributed by atoms with van der Waals surface area (Å²) in [6.07, 6.45) is 4.37. The molecule has 2 fully saturated rings. The van der Waals surface area contributed by atoms with Crippen molar-refractivity contribution in [2.45, 2.75) is 44.6 Å². The number of sulfonamides is 1. The van der Waals surface area contributed by atoms with E-state index < -0.39 is 10.0 Å². The highest BCUT2D eigenvalue weighted by Gasteiger charge is 2.46. The molecule has 30 heavy (non-hydrogen) atoms. The number of benzene rings is 2. The van der Waals surface area contributed by atoms with Crippen LogP contribution in [0.1, 0.15) is 42.7 Å². The van der Waals surface area contributed by atoms with E-state index >= 15 is 0 Å². The van der Waals surface area contributed by atoms with Crippen LogP contribution in [0.4, 0.5) is 0 Å². The normalized spacial score (nSPS) is 24.3. The van der Waals surface area contributed by atoms with Crippen molar-refractivity contribution in [2.75, 3.05) is 19.3 Å². The van der Waals surface area contributed by atoms with Crippen LogP contribution in [0.25, 0.3) is 11.1 Å². The molecule has 1 saturated carbocycles. The Balaban J connectivity index is 1.44. The van der Waals surface area contributed by atoms with Gasteiger partial charge in [-0.2, -0.15) is 0 Å². The fraction of sp³-hybridized carbons (Fsp3) is 0.458. The minimum Gasteiger partial charge on any atom is -0.342 e. The lowest BCUT2D eigenvalue weighted by Crippen LogP contribution is -2.36. The lowest BCUT2D eigenvalue weighted by atomic mass is 9.95. The van der Waals surface area contributed by atoms with Crippen molar-refractivity contribution in [3.05, 3.63) is 59.7 Å². The summed E-state index contributed by atoms with van der Waals surface area (Å²) in [5.74, 6) is 0.526. The Morgan fingerprint density at radius 3 is 2.50 bits per heavy atom. The highest BCUT2D eigenvalue weighted by Crippen LogP contribution is 2.51. The van der Waals surface area contributed by atoms with Gasteiger partial charge in [-0.3, -0.25) is 4.79 Å². The summed E-state index contributed by atoms with van der Waals surface area (Å²) in [5.41, 5.74) is 4.90. The first kappa shape index (κ1) is 21.1. The van der Waals surface area contributed by atoms with Gasteiger partial charge >= 0.3 is 0 Å². The molecular weight excluding hydrogens is 396 g/mol. The Morgan fingerprint density at radius 1 is 1.03 bits per heavy atom. The smallest absolute Gasteiger partial charge is 0.226 e. The second-order valence-corrected chi connectivity index (χ2v) is 10.5. The Morgan fingerprint density at radius 2 is 1.77 bits per heavy atom. The first-order chi connectivity index (χ1) is 14.3. The summed E-state index contributed by atoms with van der Waals surface area (Å²) >= 11 is 0. The predicted octanol–water partition coefficient (Wildman–Crippen LogP) is 3.70. The molecule has 1 aliphatic heterocycles.